The van der Waals surface area contributed by atoms with Gasteiger partial charge in [0.1, 0.15) is 0 Å². The average molecular weight is 788 g/mol. The van der Waals surface area contributed by atoms with Crippen LogP contribution in [0.15, 0.2) is 78.4 Å². The van der Waals surface area contributed by atoms with E-state index in [9.17, 15) is 19.8 Å². The van der Waals surface area contributed by atoms with E-state index in [0.717, 1.165) is 57.3 Å². The van der Waals surface area contributed by atoms with E-state index in [1.807, 2.05) is 62.9 Å². The number of aliphatic hydroxyl groups excluding tert-OH is 1. The number of rotatable bonds is 7. The third-order valence-corrected chi connectivity index (χ3v) is 19.3. The fourth-order valence-electron chi connectivity index (χ4n) is 14.4. The number of thiophene rings is 1. The highest BCUT2D eigenvalue weighted by Crippen LogP contribution is 2.78. The molecule has 300 valence electrons. The third-order valence-electron chi connectivity index (χ3n) is 18.3. The number of carbonyl (C=O) groups excluding carboxylic acids is 3. The lowest BCUT2D eigenvalue weighted by atomic mass is 9.32. The molecule has 10 atom stereocenters. The predicted molar refractivity (Wildman–Crippen MR) is 221 cm³/mol. The minimum atomic E-state index is -1.32. The van der Waals surface area contributed by atoms with E-state index in [4.69, 9.17) is 4.74 Å². The largest absolute Gasteiger partial charge is 0.448 e. The van der Waals surface area contributed by atoms with E-state index >= 15 is 4.79 Å². The molecule has 0 radical (unpaired) electrons. The van der Waals surface area contributed by atoms with Gasteiger partial charge in [0.25, 0.3) is 5.91 Å². The summed E-state index contributed by atoms with van der Waals surface area (Å²) in [5.74, 6) is -0.335. The van der Waals surface area contributed by atoms with Crippen molar-refractivity contribution < 1.29 is 29.3 Å². The van der Waals surface area contributed by atoms with Gasteiger partial charge in [-0.2, -0.15) is 0 Å². The highest BCUT2D eigenvalue weighted by Gasteiger charge is 2.78. The number of ether oxygens (including phenoxy) is 1. The summed E-state index contributed by atoms with van der Waals surface area (Å²) in [5, 5.41) is 26.8. The topological polar surface area (TPSA) is 104 Å². The van der Waals surface area contributed by atoms with Crippen LogP contribution >= 0.6 is 11.3 Å². The fourth-order valence-corrected chi connectivity index (χ4v) is 15.2. The Hall–Kier alpha value is -3.59. The van der Waals surface area contributed by atoms with E-state index in [2.05, 4.69) is 56.3 Å². The molecule has 4 bridgehead atoms. The van der Waals surface area contributed by atoms with E-state index in [-0.39, 0.29) is 48.0 Å². The Morgan fingerprint density at radius 3 is 2.30 bits per heavy atom. The van der Waals surface area contributed by atoms with Crippen molar-refractivity contribution in [3.63, 3.8) is 0 Å². The summed E-state index contributed by atoms with van der Waals surface area (Å²) in [6.07, 6.45) is 12.7. The summed E-state index contributed by atoms with van der Waals surface area (Å²) in [6, 6.07) is 18.4. The molecule has 7 aliphatic carbocycles. The zero-order valence-corrected chi connectivity index (χ0v) is 35.1. The minimum Gasteiger partial charge on any atom is -0.448 e. The maximum absolute atomic E-state index is 15.5. The first kappa shape index (κ1) is 37.7. The number of amides is 1. The molecule has 1 saturated heterocycles. The average Bonchev–Trinajstić information content (AvgIpc) is 3.84. The van der Waals surface area contributed by atoms with Crippen molar-refractivity contribution in [1.82, 2.24) is 4.90 Å². The summed E-state index contributed by atoms with van der Waals surface area (Å²) in [7, 11) is 0. The zero-order chi connectivity index (χ0) is 40.2. The molecule has 1 amide bonds. The van der Waals surface area contributed by atoms with Crippen molar-refractivity contribution in [2.45, 2.75) is 123 Å². The van der Waals surface area contributed by atoms with Crippen LogP contribution in [-0.2, 0) is 20.9 Å². The van der Waals surface area contributed by atoms with Crippen molar-refractivity contribution in [1.29, 1.82) is 0 Å². The molecule has 1 aliphatic heterocycles. The molecule has 8 aliphatic rings. The van der Waals surface area contributed by atoms with Crippen LogP contribution in [0.25, 0.3) is 10.8 Å². The molecule has 57 heavy (non-hydrogen) atoms. The Labute approximate surface area is 340 Å². The van der Waals surface area contributed by atoms with Crippen LogP contribution < -0.4 is 0 Å². The third kappa shape index (κ3) is 4.48. The van der Waals surface area contributed by atoms with Crippen LogP contribution in [0, 0.1) is 51.2 Å². The Balaban J connectivity index is 1.08. The number of ketones is 1. The zero-order valence-electron chi connectivity index (χ0n) is 34.3. The summed E-state index contributed by atoms with van der Waals surface area (Å²) in [4.78, 5) is 47.7. The second-order valence-corrected chi connectivity index (χ2v) is 21.8. The van der Waals surface area contributed by atoms with Gasteiger partial charge in [0.2, 0.25) is 0 Å². The summed E-state index contributed by atoms with van der Waals surface area (Å²) in [6.45, 7) is 13.0. The number of hydrogen-bond acceptors (Lipinski definition) is 7. The molecule has 2 heterocycles. The first-order valence-corrected chi connectivity index (χ1v) is 22.2. The van der Waals surface area contributed by atoms with E-state index < -0.39 is 44.4 Å². The van der Waals surface area contributed by atoms with E-state index in [1.54, 1.807) is 11.3 Å². The molecule has 2 aromatic carbocycles. The number of aryl methyl sites for hydroxylation is 1. The number of allylic oxidation sites excluding steroid dienone is 4. The van der Waals surface area contributed by atoms with Crippen LogP contribution in [0.5, 0.6) is 0 Å². The van der Waals surface area contributed by atoms with Crippen LogP contribution in [0.2, 0.25) is 0 Å². The molecule has 8 heteroatoms. The van der Waals surface area contributed by atoms with Crippen LogP contribution in [0.1, 0.15) is 113 Å². The number of carbonyl (C=O) groups is 3. The second kappa shape index (κ2) is 11.8. The molecule has 1 aromatic heterocycles. The summed E-state index contributed by atoms with van der Waals surface area (Å²) in [5.41, 5.74) is -4.05. The number of aliphatic hydroxyl groups is 2. The lowest BCUT2D eigenvalue weighted by molar-refractivity contribution is -0.187. The highest BCUT2D eigenvalue weighted by atomic mass is 32.1. The maximum Gasteiger partial charge on any atom is 0.313 e. The van der Waals surface area contributed by atoms with Gasteiger partial charge < -0.3 is 19.8 Å². The van der Waals surface area contributed by atoms with Gasteiger partial charge in [0.05, 0.1) is 28.5 Å². The van der Waals surface area contributed by atoms with Gasteiger partial charge >= 0.3 is 5.97 Å². The van der Waals surface area contributed by atoms with Gasteiger partial charge in [0.15, 0.2) is 11.4 Å². The van der Waals surface area contributed by atoms with Crippen molar-refractivity contribution >= 4 is 39.8 Å². The molecular weight excluding hydrogens is 731 g/mol. The molecule has 2 spiro atoms. The Morgan fingerprint density at radius 2 is 1.58 bits per heavy atom. The smallest absolute Gasteiger partial charge is 0.313 e. The Bertz CT molecular complexity index is 2320. The normalized spacial score (nSPS) is 42.0. The van der Waals surface area contributed by atoms with Crippen molar-refractivity contribution in [3.8, 4) is 0 Å². The Morgan fingerprint density at radius 1 is 0.860 bits per heavy atom. The fraction of sp³-hybridized carbons (Fsp3) is 0.571. The molecular formula is C49H57NO6S. The SMILES string of the molecule is Cc1ccc(C(=O)C2=C[C@@]34C=C[C@@]25[C@@H]2CC[C@@](O)(CN(Cc6cccc7ccccc67)C(=O)[C@@]67CC[C@@](C)(C(=O)O6)C7(C)C)[C@@]2(C)CC[C@@H]5[C@@]3(C)CCC(O)C4)s1. The summed E-state index contributed by atoms with van der Waals surface area (Å²) >= 11 is 1.54. The van der Waals surface area contributed by atoms with Crippen LogP contribution in [-0.4, -0.2) is 56.6 Å². The maximum atomic E-state index is 15.5. The lowest BCUT2D eigenvalue weighted by Crippen LogP contribution is -2.67. The first-order valence-electron chi connectivity index (χ1n) is 21.4. The minimum absolute atomic E-state index is 0.0496. The molecule has 2 N–H and O–H groups in total. The number of nitrogens with zero attached hydrogens (tertiary/aromatic N) is 1. The molecule has 4 saturated carbocycles. The van der Waals surface area contributed by atoms with Crippen LogP contribution in [0.3, 0.4) is 0 Å². The van der Waals surface area contributed by atoms with E-state index in [0.29, 0.717) is 32.1 Å². The van der Waals surface area contributed by atoms with Crippen molar-refractivity contribution in [2.75, 3.05) is 6.54 Å². The summed E-state index contributed by atoms with van der Waals surface area (Å²) < 4.78 is 6.24. The van der Waals surface area contributed by atoms with Crippen LogP contribution in [0.4, 0.5) is 0 Å². The molecule has 7 nitrogen and oxygen atoms in total. The molecule has 3 aromatic rings. The standard InChI is InChI=1S/C49H57NO6S/c1-30-14-15-36(57-30)39(52)35-27-46-23-24-48(35)37(43(46,4)19-16-33(51)26-46)17-20-44(5)38(48)18-21-47(44,55)29-50(28-32-12-9-11-31-10-7-8-13-34(31)32)40(53)49-25-22-45(6,41(54)56-49)42(49,2)3/h7-15,23-24,27,33,37-38,51,55H,16-22,25-26,28-29H2,1-6H3/t33?,37-,38-,43-,44+,45+,46+,47-,48-,49-/m1/s1. The highest BCUT2D eigenvalue weighted by molar-refractivity contribution is 7.14. The first-order chi connectivity index (χ1) is 26.9. The predicted octanol–water partition coefficient (Wildman–Crippen LogP) is 9.13. The van der Waals surface area contributed by atoms with Crippen molar-refractivity contribution in [2.24, 2.45) is 44.3 Å². The van der Waals surface area contributed by atoms with Gasteiger partial charge in [-0.15, -0.1) is 11.3 Å². The van der Waals surface area contributed by atoms with Crippen molar-refractivity contribution in [3.05, 3.63) is 93.7 Å². The van der Waals surface area contributed by atoms with Gasteiger partial charge in [-0.25, -0.2) is 0 Å². The van der Waals surface area contributed by atoms with E-state index in [1.165, 1.54) is 0 Å². The monoisotopic (exact) mass is 787 g/mol. The lowest BCUT2D eigenvalue weighted by Gasteiger charge is -2.71. The second-order valence-electron chi connectivity index (χ2n) is 20.5. The van der Waals surface area contributed by atoms with Gasteiger partial charge in [0, 0.05) is 38.7 Å². The van der Waals surface area contributed by atoms with Gasteiger partial charge in [-0.1, -0.05) is 88.4 Å². The number of hydrogen-bond donors (Lipinski definition) is 2. The number of benzene rings is 2. The number of esters is 1. The van der Waals surface area contributed by atoms with Gasteiger partial charge in [-0.3, -0.25) is 14.4 Å². The quantitative estimate of drug-likeness (QED) is 0.141. The number of fused-ring (bicyclic) bond motifs is 4. The Kier molecular flexibility index (Phi) is 7.79. The molecule has 1 unspecified atom stereocenters. The molecule has 5 fully saturated rings. The molecule has 11 rings (SSSR count). The van der Waals surface area contributed by atoms with Gasteiger partial charge in [-0.05, 0) is 117 Å². The number of Topliss-reactive ketones (excluding diaryl/α,β-unsaturated/α-hetero) is 1.